The van der Waals surface area contributed by atoms with Gasteiger partial charge in [0, 0.05) is 0 Å². The van der Waals surface area contributed by atoms with Crippen molar-refractivity contribution in [3.8, 4) is 0 Å². The Bertz CT molecular complexity index is 143. The molecule has 3 heteroatoms. The molecule has 0 aromatic carbocycles. The molecule has 0 saturated heterocycles. The fourth-order valence-corrected chi connectivity index (χ4v) is 0.561. The molecule has 0 saturated carbocycles. The Balaban J connectivity index is 3.75. The molecule has 0 aromatic heterocycles. The van der Waals surface area contributed by atoms with Crippen LogP contribution >= 0.6 is 0 Å². The molecule has 0 heterocycles. The average molecular weight is 310 g/mol. The van der Waals surface area contributed by atoms with Gasteiger partial charge in [-0.2, -0.15) is 0 Å². The second-order valence-corrected chi connectivity index (χ2v) is 3.66. The average Bonchev–Trinajstić information content (AvgIpc) is 1.99. The zero-order valence-corrected chi connectivity index (χ0v) is 8.51. The van der Waals surface area contributed by atoms with Crippen molar-refractivity contribution in [3.63, 3.8) is 0 Å². The zero-order chi connectivity index (χ0) is 7.98. The van der Waals surface area contributed by atoms with Crippen LogP contribution in [0.4, 0.5) is 0 Å². The summed E-state index contributed by atoms with van der Waals surface area (Å²) in [5, 5.41) is 17.1. The van der Waals surface area contributed by atoms with Crippen LogP contribution in [-0.4, -0.2) is 27.3 Å². The van der Waals surface area contributed by atoms with E-state index >= 15 is 0 Å². The summed E-state index contributed by atoms with van der Waals surface area (Å²) in [5.41, 5.74) is 0.659. The molecule has 10 heavy (non-hydrogen) atoms. The maximum absolute atomic E-state index is 8.56. The van der Waals surface area contributed by atoms with Gasteiger partial charge in [-0.25, -0.2) is 0 Å². The van der Waals surface area contributed by atoms with Crippen molar-refractivity contribution in [3.05, 3.63) is 24.3 Å². The summed E-state index contributed by atoms with van der Waals surface area (Å²) in [7, 11) is 0. The predicted molar refractivity (Wildman–Crippen MR) is 37.5 cm³/mol. The summed E-state index contributed by atoms with van der Waals surface area (Å²) in [4.78, 5) is 0. The van der Waals surface area contributed by atoms with Crippen molar-refractivity contribution in [1.29, 1.82) is 0 Å². The Morgan fingerprint density at radius 2 is 1.90 bits per heavy atom. The van der Waals surface area contributed by atoms with Crippen LogP contribution in [0.1, 0.15) is 0 Å². The van der Waals surface area contributed by atoms with Gasteiger partial charge in [0.2, 0.25) is 0 Å². The minimum atomic E-state index is -0.0233. The Labute approximate surface area is 71.3 Å². The Hall–Kier alpha value is -0.0417. The SMILES string of the molecule is C=C(/C=C\[C](=[W])CO)CO. The van der Waals surface area contributed by atoms with Crippen LogP contribution in [0.2, 0.25) is 0 Å². The summed E-state index contributed by atoms with van der Waals surface area (Å²) < 4.78 is 0.939. The molecular formula is C7H10O2W. The Kier molecular flexibility index (Phi) is 5.70. The third kappa shape index (κ3) is 4.80. The van der Waals surface area contributed by atoms with E-state index in [0.717, 1.165) is 3.90 Å². The number of rotatable bonds is 4. The van der Waals surface area contributed by atoms with Crippen LogP contribution in [0.5, 0.6) is 0 Å². The summed E-state index contributed by atoms with van der Waals surface area (Å²) >= 11 is 1.24. The first-order valence-corrected chi connectivity index (χ1v) is 4.27. The number of hydrogen-bond acceptors (Lipinski definition) is 2. The molecule has 0 aliphatic rings. The summed E-state index contributed by atoms with van der Waals surface area (Å²) in [6.45, 7) is 3.62. The van der Waals surface area contributed by atoms with Crippen molar-refractivity contribution in [2.45, 2.75) is 0 Å². The van der Waals surface area contributed by atoms with Crippen LogP contribution in [0.25, 0.3) is 0 Å². The fourth-order valence-electron chi connectivity index (χ4n) is 0.316. The van der Waals surface area contributed by atoms with E-state index < -0.39 is 0 Å². The molecule has 0 fully saturated rings. The molecule has 0 rings (SSSR count). The van der Waals surface area contributed by atoms with Crippen molar-refractivity contribution >= 4 is 3.90 Å². The molecule has 56 valence electrons. The Morgan fingerprint density at radius 3 is 2.30 bits per heavy atom. The molecule has 0 atom stereocenters. The van der Waals surface area contributed by atoms with E-state index in [1.807, 2.05) is 0 Å². The number of aliphatic hydroxyl groups excluding tert-OH is 2. The zero-order valence-electron chi connectivity index (χ0n) is 5.58. The monoisotopic (exact) mass is 310 g/mol. The quantitative estimate of drug-likeness (QED) is 0.706. The van der Waals surface area contributed by atoms with Gasteiger partial charge >= 0.3 is 71.0 Å². The topological polar surface area (TPSA) is 40.5 Å². The fraction of sp³-hybridized carbons (Fsp3) is 0.286. The maximum atomic E-state index is 8.56. The standard InChI is InChI=1S/C7H10O2.W/c1-7(6-9)4-2-3-5-8;/h2,4,8-9H,1,5-6H2;/b4-2-;. The summed E-state index contributed by atoms with van der Waals surface area (Å²) in [5.74, 6) is 0. The first-order chi connectivity index (χ1) is 4.70. The van der Waals surface area contributed by atoms with E-state index in [0.29, 0.717) is 5.57 Å². The van der Waals surface area contributed by atoms with Crippen molar-refractivity contribution in [2.75, 3.05) is 13.2 Å². The van der Waals surface area contributed by atoms with Crippen LogP contribution < -0.4 is 0 Å². The normalized spacial score (nSPS) is 10.2. The van der Waals surface area contributed by atoms with Gasteiger partial charge in [-0.1, -0.05) is 0 Å². The van der Waals surface area contributed by atoms with E-state index in [4.69, 9.17) is 10.2 Å². The van der Waals surface area contributed by atoms with Crippen LogP contribution in [0, 0.1) is 0 Å². The molecule has 0 bridgehead atoms. The molecule has 0 spiro atoms. The molecule has 0 radical (unpaired) electrons. The van der Waals surface area contributed by atoms with Crippen LogP contribution in [-0.2, 0) is 19.4 Å². The van der Waals surface area contributed by atoms with Gasteiger partial charge in [-0.3, -0.25) is 0 Å². The van der Waals surface area contributed by atoms with Gasteiger partial charge in [-0.05, 0) is 0 Å². The molecule has 0 amide bonds. The molecule has 2 nitrogen and oxygen atoms in total. The minimum absolute atomic E-state index is 0.0233. The van der Waals surface area contributed by atoms with Crippen molar-refractivity contribution in [2.24, 2.45) is 0 Å². The molecule has 0 aromatic rings. The molecule has 0 unspecified atom stereocenters. The van der Waals surface area contributed by atoms with E-state index in [1.165, 1.54) is 19.4 Å². The third-order valence-electron chi connectivity index (χ3n) is 0.864. The Morgan fingerprint density at radius 1 is 1.30 bits per heavy atom. The van der Waals surface area contributed by atoms with Gasteiger partial charge in [0.1, 0.15) is 0 Å². The predicted octanol–water partition coefficient (Wildman–Crippen LogP) is -0.197. The van der Waals surface area contributed by atoms with Gasteiger partial charge in [-0.15, -0.1) is 0 Å². The van der Waals surface area contributed by atoms with E-state index in [2.05, 4.69) is 6.58 Å². The van der Waals surface area contributed by atoms with Crippen molar-refractivity contribution < 1.29 is 29.6 Å². The summed E-state index contributed by atoms with van der Waals surface area (Å²) in [6.07, 6.45) is 3.48. The van der Waals surface area contributed by atoms with Gasteiger partial charge in [0.25, 0.3) is 0 Å². The van der Waals surface area contributed by atoms with Gasteiger partial charge in [0.05, 0.1) is 0 Å². The number of aliphatic hydroxyl groups is 2. The second kappa shape index (κ2) is 5.72. The first kappa shape index (κ1) is 9.96. The molecular weight excluding hydrogens is 300 g/mol. The van der Waals surface area contributed by atoms with Gasteiger partial charge < -0.3 is 0 Å². The molecule has 0 aliphatic carbocycles. The van der Waals surface area contributed by atoms with Crippen LogP contribution in [0.3, 0.4) is 0 Å². The second-order valence-electron chi connectivity index (χ2n) is 1.77. The third-order valence-corrected chi connectivity index (χ3v) is 1.82. The van der Waals surface area contributed by atoms with Crippen LogP contribution in [0.15, 0.2) is 24.3 Å². The molecule has 0 aliphatic heterocycles. The van der Waals surface area contributed by atoms with E-state index in [1.54, 1.807) is 12.2 Å². The van der Waals surface area contributed by atoms with E-state index in [9.17, 15) is 0 Å². The molecule has 2 N–H and O–H groups in total. The number of hydrogen-bond donors (Lipinski definition) is 2. The van der Waals surface area contributed by atoms with E-state index in [-0.39, 0.29) is 13.2 Å². The first-order valence-electron chi connectivity index (χ1n) is 2.81. The van der Waals surface area contributed by atoms with Gasteiger partial charge in [0.15, 0.2) is 0 Å². The van der Waals surface area contributed by atoms with Crippen molar-refractivity contribution in [1.82, 2.24) is 0 Å². The summed E-state index contributed by atoms with van der Waals surface area (Å²) in [6, 6.07) is 0.